The highest BCUT2D eigenvalue weighted by atomic mass is 32.2. The monoisotopic (exact) mass is 487 g/mol. The van der Waals surface area contributed by atoms with Gasteiger partial charge in [-0.25, -0.2) is 8.42 Å². The van der Waals surface area contributed by atoms with Crippen LogP contribution in [0, 0.1) is 13.8 Å². The Balaban J connectivity index is 2.16. The van der Waals surface area contributed by atoms with E-state index < -0.39 is 16.1 Å². The van der Waals surface area contributed by atoms with E-state index in [4.69, 9.17) is 0 Å². The summed E-state index contributed by atoms with van der Waals surface area (Å²) < 4.78 is 26.1. The molecule has 0 aromatic heterocycles. The SMILES string of the molecule is CCCNC(=O)C(C)N(Cc1ccccc1C)C(=O)CCCN(c1cccc(C)c1)S(C)(=O)=O. The highest BCUT2D eigenvalue weighted by molar-refractivity contribution is 7.92. The second-order valence-electron chi connectivity index (χ2n) is 8.69. The highest BCUT2D eigenvalue weighted by Gasteiger charge is 2.26. The van der Waals surface area contributed by atoms with Crippen molar-refractivity contribution in [2.24, 2.45) is 0 Å². The summed E-state index contributed by atoms with van der Waals surface area (Å²) in [7, 11) is -3.50. The van der Waals surface area contributed by atoms with Crippen molar-refractivity contribution in [3.8, 4) is 0 Å². The van der Waals surface area contributed by atoms with E-state index in [0.717, 1.165) is 23.1 Å². The number of sulfonamides is 1. The Morgan fingerprint density at radius 3 is 2.38 bits per heavy atom. The van der Waals surface area contributed by atoms with Gasteiger partial charge in [0.05, 0.1) is 11.9 Å². The first-order chi connectivity index (χ1) is 16.0. The topological polar surface area (TPSA) is 86.8 Å². The molecule has 186 valence electrons. The Morgan fingerprint density at radius 1 is 1.06 bits per heavy atom. The van der Waals surface area contributed by atoms with Gasteiger partial charge in [0.2, 0.25) is 21.8 Å². The van der Waals surface area contributed by atoms with Crippen LogP contribution in [-0.4, -0.2) is 50.5 Å². The molecule has 0 aliphatic rings. The van der Waals surface area contributed by atoms with E-state index in [1.54, 1.807) is 17.9 Å². The Morgan fingerprint density at radius 2 is 1.76 bits per heavy atom. The molecular weight excluding hydrogens is 450 g/mol. The predicted octanol–water partition coefficient (Wildman–Crippen LogP) is 3.79. The summed E-state index contributed by atoms with van der Waals surface area (Å²) in [6, 6.07) is 14.4. The molecule has 8 heteroatoms. The molecule has 0 bridgehead atoms. The average molecular weight is 488 g/mol. The Labute approximate surface area is 204 Å². The third-order valence-electron chi connectivity index (χ3n) is 5.76. The van der Waals surface area contributed by atoms with Gasteiger partial charge in [-0.15, -0.1) is 0 Å². The number of carbonyl (C=O) groups is 2. The summed E-state index contributed by atoms with van der Waals surface area (Å²) >= 11 is 0. The minimum atomic E-state index is -3.50. The molecule has 2 rings (SSSR count). The van der Waals surface area contributed by atoms with Crippen LogP contribution < -0.4 is 9.62 Å². The van der Waals surface area contributed by atoms with E-state index in [2.05, 4.69) is 5.32 Å². The highest BCUT2D eigenvalue weighted by Crippen LogP contribution is 2.20. The van der Waals surface area contributed by atoms with Crippen LogP contribution in [0.15, 0.2) is 48.5 Å². The zero-order chi connectivity index (χ0) is 25.3. The first kappa shape index (κ1) is 27.4. The Hall–Kier alpha value is -2.87. The second kappa shape index (κ2) is 12.6. The summed E-state index contributed by atoms with van der Waals surface area (Å²) in [6.07, 6.45) is 2.45. The normalized spacial score (nSPS) is 12.1. The lowest BCUT2D eigenvalue weighted by Gasteiger charge is -2.30. The van der Waals surface area contributed by atoms with Gasteiger partial charge in [-0.2, -0.15) is 0 Å². The maximum absolute atomic E-state index is 13.3. The molecular formula is C26H37N3O4S. The lowest BCUT2D eigenvalue weighted by Crippen LogP contribution is -2.48. The van der Waals surface area contributed by atoms with Crippen molar-refractivity contribution in [3.63, 3.8) is 0 Å². The van der Waals surface area contributed by atoms with Gasteiger partial charge < -0.3 is 10.2 Å². The van der Waals surface area contributed by atoms with Crippen molar-refractivity contribution in [1.82, 2.24) is 10.2 Å². The van der Waals surface area contributed by atoms with Crippen LogP contribution in [0.1, 0.15) is 49.8 Å². The van der Waals surface area contributed by atoms with Gasteiger partial charge in [-0.1, -0.05) is 43.3 Å². The Bertz CT molecular complexity index is 1080. The fourth-order valence-electron chi connectivity index (χ4n) is 3.74. The minimum Gasteiger partial charge on any atom is -0.354 e. The maximum Gasteiger partial charge on any atom is 0.242 e. The van der Waals surface area contributed by atoms with Crippen molar-refractivity contribution in [3.05, 3.63) is 65.2 Å². The van der Waals surface area contributed by atoms with Crippen LogP contribution in [-0.2, 0) is 26.2 Å². The summed E-state index contributed by atoms with van der Waals surface area (Å²) in [4.78, 5) is 27.5. The zero-order valence-electron chi connectivity index (χ0n) is 20.9. The molecule has 0 saturated carbocycles. The van der Waals surface area contributed by atoms with Gasteiger partial charge in [-0.05, 0) is 62.4 Å². The lowest BCUT2D eigenvalue weighted by molar-refractivity contribution is -0.140. The summed E-state index contributed by atoms with van der Waals surface area (Å²) in [5.74, 6) is -0.374. The van der Waals surface area contributed by atoms with E-state index in [1.807, 2.05) is 63.2 Å². The number of rotatable bonds is 12. The van der Waals surface area contributed by atoms with Gasteiger partial charge in [-0.3, -0.25) is 13.9 Å². The zero-order valence-corrected chi connectivity index (χ0v) is 21.7. The van der Waals surface area contributed by atoms with Crippen LogP contribution >= 0.6 is 0 Å². The Kier molecular flexibility index (Phi) is 10.1. The van der Waals surface area contributed by atoms with Gasteiger partial charge in [0.15, 0.2) is 0 Å². The number of hydrogen-bond acceptors (Lipinski definition) is 4. The van der Waals surface area contributed by atoms with Gasteiger partial charge in [0.25, 0.3) is 0 Å². The lowest BCUT2D eigenvalue weighted by atomic mass is 10.1. The van der Waals surface area contributed by atoms with E-state index in [-0.39, 0.29) is 24.8 Å². The number of carbonyl (C=O) groups excluding carboxylic acids is 2. The molecule has 0 saturated heterocycles. The van der Waals surface area contributed by atoms with Crippen LogP contribution in [0.3, 0.4) is 0 Å². The summed E-state index contributed by atoms with van der Waals surface area (Å²) in [5, 5.41) is 2.87. The quantitative estimate of drug-likeness (QED) is 0.493. The minimum absolute atomic E-state index is 0.134. The number of nitrogens with one attached hydrogen (secondary N) is 1. The fraction of sp³-hybridized carbons (Fsp3) is 0.462. The van der Waals surface area contributed by atoms with Crippen molar-refractivity contribution in [2.75, 3.05) is 23.7 Å². The average Bonchev–Trinajstić information content (AvgIpc) is 2.78. The first-order valence-corrected chi connectivity index (χ1v) is 13.6. The molecule has 1 atom stereocenters. The largest absolute Gasteiger partial charge is 0.354 e. The molecule has 0 fully saturated rings. The van der Waals surface area contributed by atoms with Crippen molar-refractivity contribution in [1.29, 1.82) is 0 Å². The van der Waals surface area contributed by atoms with Crippen molar-refractivity contribution in [2.45, 2.75) is 59.5 Å². The summed E-state index contributed by atoms with van der Waals surface area (Å²) in [6.45, 7) is 8.64. The van der Waals surface area contributed by atoms with E-state index in [0.29, 0.717) is 25.2 Å². The smallest absolute Gasteiger partial charge is 0.242 e. The number of aryl methyl sites for hydroxylation is 2. The van der Waals surface area contributed by atoms with Gasteiger partial charge >= 0.3 is 0 Å². The van der Waals surface area contributed by atoms with Crippen molar-refractivity contribution < 1.29 is 18.0 Å². The molecule has 2 aromatic carbocycles. The molecule has 1 unspecified atom stereocenters. The number of benzene rings is 2. The molecule has 7 nitrogen and oxygen atoms in total. The van der Waals surface area contributed by atoms with Crippen LogP contribution in [0.5, 0.6) is 0 Å². The third kappa shape index (κ3) is 7.87. The van der Waals surface area contributed by atoms with Crippen LogP contribution in [0.25, 0.3) is 0 Å². The van der Waals surface area contributed by atoms with Crippen LogP contribution in [0.4, 0.5) is 5.69 Å². The maximum atomic E-state index is 13.3. The second-order valence-corrected chi connectivity index (χ2v) is 10.6. The predicted molar refractivity (Wildman–Crippen MR) is 137 cm³/mol. The molecule has 2 aromatic rings. The number of amides is 2. The first-order valence-electron chi connectivity index (χ1n) is 11.7. The molecule has 0 aliphatic carbocycles. The molecule has 0 spiro atoms. The van der Waals surface area contributed by atoms with Crippen molar-refractivity contribution >= 4 is 27.5 Å². The summed E-state index contributed by atoms with van der Waals surface area (Å²) in [5.41, 5.74) is 3.56. The van der Waals surface area contributed by atoms with Gasteiger partial charge in [0.1, 0.15) is 6.04 Å². The number of nitrogens with zero attached hydrogens (tertiary/aromatic N) is 2. The molecule has 1 N–H and O–H groups in total. The molecule has 0 radical (unpaired) electrons. The van der Waals surface area contributed by atoms with Gasteiger partial charge in [0, 0.05) is 26.1 Å². The standard InChI is InChI=1S/C26H37N3O4S/c1-6-16-27-26(31)22(4)28(19-23-13-8-7-12-21(23)3)25(30)15-10-17-29(34(5,32)33)24-14-9-11-20(2)18-24/h7-9,11-14,18,22H,6,10,15-17,19H2,1-5H3,(H,27,31). The number of anilines is 1. The van der Waals surface area contributed by atoms with Crippen LogP contribution in [0.2, 0.25) is 0 Å². The van der Waals surface area contributed by atoms with E-state index in [1.165, 1.54) is 10.6 Å². The molecule has 2 amide bonds. The van der Waals surface area contributed by atoms with E-state index >= 15 is 0 Å². The van der Waals surface area contributed by atoms with E-state index in [9.17, 15) is 18.0 Å². The third-order valence-corrected chi connectivity index (χ3v) is 6.95. The molecule has 34 heavy (non-hydrogen) atoms. The fourth-order valence-corrected chi connectivity index (χ4v) is 4.69. The number of hydrogen-bond donors (Lipinski definition) is 1. The molecule has 0 aliphatic heterocycles. The molecule has 0 heterocycles.